The van der Waals surface area contributed by atoms with Gasteiger partial charge in [0.05, 0.1) is 5.56 Å². The van der Waals surface area contributed by atoms with Crippen molar-refractivity contribution >= 4 is 23.7 Å². The number of anilines is 1. The normalized spacial score (nSPS) is 20.3. The lowest BCUT2D eigenvalue weighted by molar-refractivity contribution is -0.124. The van der Waals surface area contributed by atoms with Crippen LogP contribution in [0.1, 0.15) is 23.2 Å². The number of imide groups is 1. The van der Waals surface area contributed by atoms with Gasteiger partial charge in [0.2, 0.25) is 0 Å². The molecule has 110 valence electrons. The molecule has 3 amide bonds. The van der Waals surface area contributed by atoms with Gasteiger partial charge in [0.15, 0.2) is 0 Å². The summed E-state index contributed by atoms with van der Waals surface area (Å²) in [5.41, 5.74) is -0.677. The van der Waals surface area contributed by atoms with E-state index in [2.05, 4.69) is 15.6 Å². The largest absolute Gasteiger partial charge is 0.478 e. The number of hydrogen-bond acceptors (Lipinski definition) is 5. The highest BCUT2D eigenvalue weighted by atomic mass is 16.4. The molecule has 3 N–H and O–H groups in total. The Hall–Kier alpha value is -2.64. The number of carboxylic acid groups (broad SMARTS) is 1. The highest BCUT2D eigenvalue weighted by Crippen LogP contribution is 2.27. The van der Waals surface area contributed by atoms with E-state index in [1.165, 1.54) is 12.3 Å². The second kappa shape index (κ2) is 4.72. The summed E-state index contributed by atoms with van der Waals surface area (Å²) in [5, 5.41) is 13.8. The maximum absolute atomic E-state index is 11.8. The van der Waals surface area contributed by atoms with E-state index in [1.54, 1.807) is 6.07 Å². The first-order valence-electron chi connectivity index (χ1n) is 6.58. The predicted molar refractivity (Wildman–Crippen MR) is 72.0 cm³/mol. The fourth-order valence-electron chi connectivity index (χ4n) is 2.70. The average Bonchev–Trinajstić information content (AvgIpc) is 2.74. The number of hydrogen-bond donors (Lipinski definition) is 3. The van der Waals surface area contributed by atoms with E-state index in [-0.39, 0.29) is 11.5 Å². The van der Waals surface area contributed by atoms with Gasteiger partial charge < -0.3 is 15.3 Å². The number of carbonyl (C=O) groups excluding carboxylic acids is 2. The first kappa shape index (κ1) is 13.3. The summed E-state index contributed by atoms with van der Waals surface area (Å²) >= 11 is 0. The third-order valence-corrected chi connectivity index (χ3v) is 3.95. The number of carboxylic acids is 1. The minimum absolute atomic E-state index is 0.134. The molecular weight excluding hydrogens is 276 g/mol. The lowest BCUT2D eigenvalue weighted by Gasteiger charge is -2.37. The molecule has 2 aliphatic heterocycles. The monoisotopic (exact) mass is 290 g/mol. The Morgan fingerprint density at radius 1 is 1.29 bits per heavy atom. The van der Waals surface area contributed by atoms with Crippen LogP contribution in [0.4, 0.5) is 10.6 Å². The maximum atomic E-state index is 11.8. The highest BCUT2D eigenvalue weighted by Gasteiger charge is 2.47. The molecule has 1 aromatic heterocycles. The molecule has 0 aromatic carbocycles. The van der Waals surface area contributed by atoms with Gasteiger partial charge in [-0.1, -0.05) is 0 Å². The molecule has 0 unspecified atom stereocenters. The molecule has 0 bridgehead atoms. The summed E-state index contributed by atoms with van der Waals surface area (Å²) in [7, 11) is 0. The van der Waals surface area contributed by atoms with Crippen LogP contribution in [0.25, 0.3) is 0 Å². The second-order valence-corrected chi connectivity index (χ2v) is 5.19. The van der Waals surface area contributed by atoms with Crippen molar-refractivity contribution in [3.05, 3.63) is 23.9 Å². The van der Waals surface area contributed by atoms with Crippen LogP contribution in [0, 0.1) is 0 Å². The number of urea groups is 1. The van der Waals surface area contributed by atoms with Crippen molar-refractivity contribution in [1.82, 2.24) is 15.6 Å². The zero-order valence-electron chi connectivity index (χ0n) is 11.1. The number of rotatable bonds is 2. The van der Waals surface area contributed by atoms with Gasteiger partial charge >= 0.3 is 12.0 Å². The quantitative estimate of drug-likeness (QED) is 0.659. The van der Waals surface area contributed by atoms with Crippen LogP contribution in [-0.2, 0) is 4.79 Å². The van der Waals surface area contributed by atoms with Crippen molar-refractivity contribution in [2.75, 3.05) is 18.0 Å². The second-order valence-electron chi connectivity index (χ2n) is 5.19. The molecule has 2 fully saturated rings. The number of amides is 3. The van der Waals surface area contributed by atoms with E-state index in [4.69, 9.17) is 5.11 Å². The van der Waals surface area contributed by atoms with E-state index < -0.39 is 17.5 Å². The van der Waals surface area contributed by atoms with Gasteiger partial charge in [0, 0.05) is 19.3 Å². The van der Waals surface area contributed by atoms with Crippen molar-refractivity contribution in [3.63, 3.8) is 0 Å². The smallest absolute Gasteiger partial charge is 0.337 e. The molecule has 0 radical (unpaired) electrons. The number of nitrogens with zero attached hydrogens (tertiary/aromatic N) is 2. The van der Waals surface area contributed by atoms with Crippen molar-refractivity contribution in [2.24, 2.45) is 0 Å². The molecule has 0 atom stereocenters. The molecule has 8 nitrogen and oxygen atoms in total. The predicted octanol–water partition coefficient (Wildman–Crippen LogP) is -0.0418. The summed E-state index contributed by atoms with van der Waals surface area (Å²) in [6, 6.07) is 2.70. The first-order chi connectivity index (χ1) is 10.00. The van der Waals surface area contributed by atoms with Crippen LogP contribution in [0.2, 0.25) is 0 Å². The van der Waals surface area contributed by atoms with E-state index in [0.29, 0.717) is 31.7 Å². The summed E-state index contributed by atoms with van der Waals surface area (Å²) in [5.74, 6) is -0.627. The average molecular weight is 290 g/mol. The van der Waals surface area contributed by atoms with Gasteiger partial charge in [-0.3, -0.25) is 10.1 Å². The lowest BCUT2D eigenvalue weighted by Crippen LogP contribution is -2.55. The van der Waals surface area contributed by atoms with Crippen LogP contribution in [0.5, 0.6) is 0 Å². The molecule has 8 heteroatoms. The molecule has 3 rings (SSSR count). The van der Waals surface area contributed by atoms with Crippen LogP contribution < -0.4 is 15.5 Å². The van der Waals surface area contributed by atoms with Crippen molar-refractivity contribution in [2.45, 2.75) is 18.4 Å². The molecule has 1 aromatic rings. The molecule has 0 saturated carbocycles. The van der Waals surface area contributed by atoms with Gasteiger partial charge in [0.25, 0.3) is 5.91 Å². The lowest BCUT2D eigenvalue weighted by atomic mass is 9.88. The molecular formula is C13H14N4O4. The fourth-order valence-corrected chi connectivity index (χ4v) is 2.70. The van der Waals surface area contributed by atoms with Crippen LogP contribution in [0.15, 0.2) is 18.3 Å². The molecule has 2 saturated heterocycles. The molecule has 21 heavy (non-hydrogen) atoms. The number of carbonyl (C=O) groups is 3. The van der Waals surface area contributed by atoms with Gasteiger partial charge in [-0.25, -0.2) is 14.6 Å². The molecule has 3 heterocycles. The number of nitrogens with one attached hydrogen (secondary N) is 2. The summed E-state index contributed by atoms with van der Waals surface area (Å²) in [4.78, 5) is 40.0. The van der Waals surface area contributed by atoms with Gasteiger partial charge in [-0.05, 0) is 25.0 Å². The minimum Gasteiger partial charge on any atom is -0.478 e. The minimum atomic E-state index is -1.02. The molecule has 2 aliphatic rings. The third-order valence-electron chi connectivity index (χ3n) is 3.95. The van der Waals surface area contributed by atoms with E-state index in [0.717, 1.165) is 0 Å². The number of aromatic carboxylic acids is 1. The number of pyridine rings is 1. The Labute approximate surface area is 120 Å². The standard InChI is InChI=1S/C13H14N4O4/c18-10(19)8-1-2-9(14-7-8)17-5-3-13(4-6-17)11(20)15-12(21)16-13/h1-2,7H,3-6H2,(H,18,19)(H2,15,16,20,21). The highest BCUT2D eigenvalue weighted by molar-refractivity contribution is 6.07. The molecule has 0 aliphatic carbocycles. The van der Waals surface area contributed by atoms with Crippen molar-refractivity contribution in [3.8, 4) is 0 Å². The Kier molecular flexibility index (Phi) is 3.00. The van der Waals surface area contributed by atoms with E-state index >= 15 is 0 Å². The van der Waals surface area contributed by atoms with E-state index in [1.807, 2.05) is 4.90 Å². The SMILES string of the molecule is O=C1NC(=O)C2(CCN(c3ccc(C(=O)O)cn3)CC2)N1. The Morgan fingerprint density at radius 2 is 2.00 bits per heavy atom. The third kappa shape index (κ3) is 2.28. The summed E-state index contributed by atoms with van der Waals surface area (Å²) in [6.45, 7) is 1.13. The Morgan fingerprint density at radius 3 is 2.48 bits per heavy atom. The van der Waals surface area contributed by atoms with Gasteiger partial charge in [-0.15, -0.1) is 0 Å². The van der Waals surface area contributed by atoms with Crippen molar-refractivity contribution < 1.29 is 19.5 Å². The molecule has 1 spiro atoms. The summed E-state index contributed by atoms with van der Waals surface area (Å²) < 4.78 is 0. The zero-order valence-corrected chi connectivity index (χ0v) is 11.1. The van der Waals surface area contributed by atoms with Crippen LogP contribution in [0.3, 0.4) is 0 Å². The van der Waals surface area contributed by atoms with Crippen molar-refractivity contribution in [1.29, 1.82) is 0 Å². The number of piperidine rings is 1. The summed E-state index contributed by atoms with van der Waals surface area (Å²) in [6.07, 6.45) is 2.30. The Bertz CT molecular complexity index is 605. The van der Waals surface area contributed by atoms with Gasteiger partial charge in [-0.2, -0.15) is 0 Å². The van der Waals surface area contributed by atoms with Crippen LogP contribution >= 0.6 is 0 Å². The first-order valence-corrected chi connectivity index (χ1v) is 6.58. The number of aromatic nitrogens is 1. The van der Waals surface area contributed by atoms with E-state index in [9.17, 15) is 14.4 Å². The van der Waals surface area contributed by atoms with Crippen LogP contribution in [-0.4, -0.2) is 46.6 Å². The Balaban J connectivity index is 1.70. The van der Waals surface area contributed by atoms with Gasteiger partial charge in [0.1, 0.15) is 11.4 Å². The maximum Gasteiger partial charge on any atom is 0.337 e. The zero-order chi connectivity index (χ0) is 15.0. The topological polar surface area (TPSA) is 112 Å². The fraction of sp³-hybridized carbons (Fsp3) is 0.385.